The molecule has 0 aliphatic heterocycles. The van der Waals surface area contributed by atoms with Gasteiger partial charge in [0.15, 0.2) is 0 Å². The third-order valence-corrected chi connectivity index (χ3v) is 3.88. The first kappa shape index (κ1) is 17.5. The van der Waals surface area contributed by atoms with Crippen molar-refractivity contribution in [2.75, 3.05) is 6.54 Å². The lowest BCUT2D eigenvalue weighted by atomic mass is 10.1. The zero-order valence-corrected chi connectivity index (χ0v) is 14.2. The number of nitrogens with one attached hydrogen (secondary N) is 1. The Morgan fingerprint density at radius 2 is 1.96 bits per heavy atom. The lowest BCUT2D eigenvalue weighted by Crippen LogP contribution is -2.23. The van der Waals surface area contributed by atoms with Crippen molar-refractivity contribution in [3.8, 4) is 0 Å². The van der Waals surface area contributed by atoms with Gasteiger partial charge in [-0.1, -0.05) is 12.1 Å². The molecule has 7 nitrogen and oxygen atoms in total. The monoisotopic (exact) mass is 349 g/mol. The summed E-state index contributed by atoms with van der Waals surface area (Å²) in [5, 5.41) is 3.32. The van der Waals surface area contributed by atoms with Crippen molar-refractivity contribution < 1.29 is 4.79 Å². The summed E-state index contributed by atoms with van der Waals surface area (Å²) in [6, 6.07) is 7.10. The molecule has 7 heteroatoms. The topological polar surface area (TPSA) is 89.8 Å². The zero-order valence-electron chi connectivity index (χ0n) is 14.2. The van der Waals surface area contributed by atoms with E-state index in [2.05, 4.69) is 20.3 Å². The predicted molar refractivity (Wildman–Crippen MR) is 99.3 cm³/mol. The van der Waals surface area contributed by atoms with Crippen LogP contribution in [-0.2, 0) is 11.2 Å². The fourth-order valence-electron chi connectivity index (χ4n) is 2.52. The van der Waals surface area contributed by atoms with Crippen LogP contribution in [0.2, 0.25) is 0 Å². The molecule has 0 saturated carbocycles. The fourth-order valence-corrected chi connectivity index (χ4v) is 2.52. The number of carbonyl (C=O) groups excluding carboxylic acids is 1. The Balaban J connectivity index is 1.47. The summed E-state index contributed by atoms with van der Waals surface area (Å²) < 4.78 is 1.30. The van der Waals surface area contributed by atoms with E-state index in [1.807, 2.05) is 6.07 Å². The van der Waals surface area contributed by atoms with Crippen LogP contribution in [0.4, 0.5) is 0 Å². The summed E-state index contributed by atoms with van der Waals surface area (Å²) in [7, 11) is 0. The van der Waals surface area contributed by atoms with Crippen molar-refractivity contribution in [3.05, 3.63) is 71.3 Å². The van der Waals surface area contributed by atoms with E-state index < -0.39 is 0 Å². The van der Waals surface area contributed by atoms with Gasteiger partial charge in [-0.25, -0.2) is 15.0 Å². The smallest absolute Gasteiger partial charge is 0.265 e. The number of amides is 1. The molecule has 3 rings (SSSR count). The van der Waals surface area contributed by atoms with Crippen molar-refractivity contribution in [2.24, 2.45) is 0 Å². The molecular weight excluding hydrogens is 330 g/mol. The van der Waals surface area contributed by atoms with Gasteiger partial charge in [-0.15, -0.1) is 0 Å². The second kappa shape index (κ2) is 8.66. The number of fused-ring (bicyclic) bond motifs is 1. The number of hydrogen-bond acceptors (Lipinski definition) is 5. The largest absolute Gasteiger partial charge is 0.353 e. The molecule has 0 saturated heterocycles. The molecular formula is C19H19N5O2. The molecule has 0 fully saturated rings. The second-order valence-corrected chi connectivity index (χ2v) is 5.78. The minimum absolute atomic E-state index is 0.204. The summed E-state index contributed by atoms with van der Waals surface area (Å²) in [5.41, 5.74) is 1.52. The molecule has 1 amide bonds. The van der Waals surface area contributed by atoms with Crippen molar-refractivity contribution >= 4 is 23.0 Å². The Bertz CT molecular complexity index is 966. The number of benzene rings is 1. The van der Waals surface area contributed by atoms with Gasteiger partial charge in [-0.3, -0.25) is 14.2 Å². The molecule has 3 aromatic rings. The first-order valence-electron chi connectivity index (χ1n) is 8.40. The first-order valence-corrected chi connectivity index (χ1v) is 8.40. The molecule has 26 heavy (non-hydrogen) atoms. The molecule has 0 unspecified atom stereocenters. The Hall–Kier alpha value is -3.35. The molecule has 0 bridgehead atoms. The fraction of sp³-hybridized carbons (Fsp3) is 0.211. The summed E-state index contributed by atoms with van der Waals surface area (Å²) >= 11 is 0. The van der Waals surface area contributed by atoms with Crippen LogP contribution in [0.1, 0.15) is 18.4 Å². The van der Waals surface area contributed by atoms with Crippen LogP contribution in [-0.4, -0.2) is 32.0 Å². The van der Waals surface area contributed by atoms with Gasteiger partial charge in [0.2, 0.25) is 5.91 Å². The van der Waals surface area contributed by atoms with Gasteiger partial charge in [-0.2, -0.15) is 0 Å². The van der Waals surface area contributed by atoms with Gasteiger partial charge < -0.3 is 5.32 Å². The van der Waals surface area contributed by atoms with E-state index in [0.717, 1.165) is 24.8 Å². The zero-order chi connectivity index (χ0) is 18.2. The summed E-state index contributed by atoms with van der Waals surface area (Å²) in [4.78, 5) is 36.3. The Kier molecular flexibility index (Phi) is 5.82. The molecule has 132 valence electrons. The molecule has 0 spiro atoms. The van der Waals surface area contributed by atoms with E-state index in [1.54, 1.807) is 30.6 Å². The molecule has 2 heterocycles. The van der Waals surface area contributed by atoms with Crippen LogP contribution in [0.15, 0.2) is 60.2 Å². The van der Waals surface area contributed by atoms with E-state index in [-0.39, 0.29) is 11.5 Å². The number of aryl methyl sites for hydroxylation is 1. The van der Waals surface area contributed by atoms with Crippen LogP contribution < -0.4 is 10.9 Å². The lowest BCUT2D eigenvalue weighted by Gasteiger charge is -2.03. The van der Waals surface area contributed by atoms with E-state index >= 15 is 0 Å². The number of nitrogens with zero attached hydrogens (tertiary/aromatic N) is 4. The number of rotatable bonds is 7. The van der Waals surface area contributed by atoms with Gasteiger partial charge in [0.25, 0.3) is 5.56 Å². The third-order valence-electron chi connectivity index (χ3n) is 3.88. The van der Waals surface area contributed by atoms with E-state index in [9.17, 15) is 9.59 Å². The molecule has 2 aromatic heterocycles. The van der Waals surface area contributed by atoms with E-state index in [4.69, 9.17) is 0 Å². The minimum atomic E-state index is -0.242. The highest BCUT2D eigenvalue weighted by Crippen LogP contribution is 2.04. The molecule has 1 aromatic carbocycles. The number of carbonyl (C=O) groups is 1. The average molecular weight is 349 g/mol. The Morgan fingerprint density at radius 3 is 2.81 bits per heavy atom. The average Bonchev–Trinajstić information content (AvgIpc) is 2.68. The number of hydrogen-bond donors (Lipinski definition) is 1. The minimum Gasteiger partial charge on any atom is -0.353 e. The standard InChI is InChI=1S/C19H19N5O2/c25-18(22-9-4-3-5-15-11-20-13-21-12-15)8-10-24-14-23-17-7-2-1-6-16(17)19(24)26/h1-2,6-8,10-14H,3-5,9H2,(H,22,25). The quantitative estimate of drug-likeness (QED) is 0.519. The number of aromatic nitrogens is 4. The molecule has 0 atom stereocenters. The highest BCUT2D eigenvalue weighted by molar-refractivity contribution is 5.90. The van der Waals surface area contributed by atoms with Crippen LogP contribution in [0, 0.1) is 0 Å². The first-order chi connectivity index (χ1) is 12.7. The SMILES string of the molecule is O=C(C=Cn1cnc2ccccc2c1=O)NCCCCc1cncnc1. The lowest BCUT2D eigenvalue weighted by molar-refractivity contribution is -0.116. The third kappa shape index (κ3) is 4.60. The summed E-state index contributed by atoms with van der Waals surface area (Å²) in [6.45, 7) is 0.571. The Labute approximate surface area is 150 Å². The highest BCUT2D eigenvalue weighted by atomic mass is 16.1. The maximum atomic E-state index is 12.3. The van der Waals surface area contributed by atoms with Crippen LogP contribution in [0.5, 0.6) is 0 Å². The van der Waals surface area contributed by atoms with Crippen molar-refractivity contribution in [3.63, 3.8) is 0 Å². The molecule has 0 radical (unpaired) electrons. The summed E-state index contributed by atoms with van der Waals surface area (Å²) in [6.07, 6.45) is 11.9. The van der Waals surface area contributed by atoms with Gasteiger partial charge in [0.05, 0.1) is 10.9 Å². The number of para-hydroxylation sites is 1. The summed E-state index contributed by atoms with van der Waals surface area (Å²) in [5.74, 6) is -0.242. The van der Waals surface area contributed by atoms with Crippen LogP contribution in [0.3, 0.4) is 0 Å². The van der Waals surface area contributed by atoms with Crippen molar-refractivity contribution in [1.29, 1.82) is 0 Å². The van der Waals surface area contributed by atoms with Gasteiger partial charge in [0.1, 0.15) is 12.7 Å². The maximum Gasteiger partial charge on any atom is 0.265 e. The Morgan fingerprint density at radius 1 is 1.15 bits per heavy atom. The predicted octanol–water partition coefficient (Wildman–Crippen LogP) is 1.80. The second-order valence-electron chi connectivity index (χ2n) is 5.78. The van der Waals surface area contributed by atoms with Crippen molar-refractivity contribution in [1.82, 2.24) is 24.8 Å². The van der Waals surface area contributed by atoms with Crippen LogP contribution in [0.25, 0.3) is 17.1 Å². The van der Waals surface area contributed by atoms with Gasteiger partial charge >= 0.3 is 0 Å². The van der Waals surface area contributed by atoms with E-state index in [0.29, 0.717) is 17.4 Å². The number of unbranched alkanes of at least 4 members (excludes halogenated alkanes) is 1. The van der Waals surface area contributed by atoms with Crippen molar-refractivity contribution in [2.45, 2.75) is 19.3 Å². The van der Waals surface area contributed by atoms with Gasteiger partial charge in [0, 0.05) is 31.2 Å². The van der Waals surface area contributed by atoms with Gasteiger partial charge in [-0.05, 0) is 37.0 Å². The molecule has 1 N–H and O–H groups in total. The normalized spacial score (nSPS) is 11.1. The maximum absolute atomic E-state index is 12.3. The molecule has 0 aliphatic rings. The van der Waals surface area contributed by atoms with Crippen LogP contribution >= 0.6 is 0 Å². The highest BCUT2D eigenvalue weighted by Gasteiger charge is 2.02. The van der Waals surface area contributed by atoms with E-state index in [1.165, 1.54) is 29.5 Å². The molecule has 0 aliphatic carbocycles.